The Morgan fingerprint density at radius 2 is 2.05 bits per heavy atom. The summed E-state index contributed by atoms with van der Waals surface area (Å²) in [7, 11) is 3.22. The Balaban J connectivity index is 2.89. The van der Waals surface area contributed by atoms with E-state index in [2.05, 4.69) is 18.7 Å². The first-order valence-corrected chi connectivity index (χ1v) is 7.19. The van der Waals surface area contributed by atoms with Gasteiger partial charge in [-0.3, -0.25) is 4.90 Å². The molecule has 1 atom stereocenters. The van der Waals surface area contributed by atoms with E-state index in [-0.39, 0.29) is 5.75 Å². The highest BCUT2D eigenvalue weighted by Gasteiger charge is 2.15. The fourth-order valence-corrected chi connectivity index (χ4v) is 2.26. The van der Waals surface area contributed by atoms with E-state index in [9.17, 15) is 5.11 Å². The molecule has 0 aliphatic carbocycles. The lowest BCUT2D eigenvalue weighted by atomic mass is 10.1. The van der Waals surface area contributed by atoms with Crippen LogP contribution in [0.1, 0.15) is 25.8 Å². The Morgan fingerprint density at radius 3 is 2.60 bits per heavy atom. The van der Waals surface area contributed by atoms with Crippen molar-refractivity contribution in [2.24, 2.45) is 0 Å². The monoisotopic (exact) mass is 301 g/mol. The zero-order valence-electron chi connectivity index (χ0n) is 12.6. The molecule has 0 aliphatic heterocycles. The molecule has 0 aromatic heterocycles. The summed E-state index contributed by atoms with van der Waals surface area (Å²) in [4.78, 5) is 2.33. The number of aromatic hydroxyl groups is 1. The smallest absolute Gasteiger partial charge is 0.176 e. The summed E-state index contributed by atoms with van der Waals surface area (Å²) in [6.45, 7) is 6.64. The lowest BCUT2D eigenvalue weighted by molar-refractivity contribution is 0.118. The molecule has 1 unspecified atom stereocenters. The van der Waals surface area contributed by atoms with Gasteiger partial charge in [0.1, 0.15) is 0 Å². The molecule has 0 aliphatic rings. The zero-order chi connectivity index (χ0) is 15.1. The highest BCUT2D eigenvalue weighted by Crippen LogP contribution is 2.35. The van der Waals surface area contributed by atoms with Crippen LogP contribution in [0, 0.1) is 0 Å². The van der Waals surface area contributed by atoms with Crippen molar-refractivity contribution in [3.05, 3.63) is 22.7 Å². The second-order valence-electron chi connectivity index (χ2n) is 4.85. The number of hydrogen-bond donors (Lipinski definition) is 1. The van der Waals surface area contributed by atoms with E-state index in [1.807, 2.05) is 6.07 Å². The molecule has 0 amide bonds. The van der Waals surface area contributed by atoms with Crippen molar-refractivity contribution in [1.29, 1.82) is 0 Å². The zero-order valence-corrected chi connectivity index (χ0v) is 13.4. The largest absolute Gasteiger partial charge is 0.503 e. The minimum Gasteiger partial charge on any atom is -0.503 e. The summed E-state index contributed by atoms with van der Waals surface area (Å²) in [6.07, 6.45) is 1.06. The Morgan fingerprint density at radius 1 is 1.35 bits per heavy atom. The number of methoxy groups -OCH3 is 2. The minimum atomic E-state index is -0.00935. The lowest BCUT2D eigenvalue weighted by Crippen LogP contribution is -2.34. The van der Waals surface area contributed by atoms with E-state index in [0.717, 1.165) is 25.1 Å². The molecule has 0 radical (unpaired) electrons. The van der Waals surface area contributed by atoms with Crippen LogP contribution in [0.2, 0.25) is 5.02 Å². The summed E-state index contributed by atoms with van der Waals surface area (Å²) in [5.41, 5.74) is 1.01. The second kappa shape index (κ2) is 8.35. The van der Waals surface area contributed by atoms with E-state index in [0.29, 0.717) is 23.4 Å². The van der Waals surface area contributed by atoms with Crippen LogP contribution >= 0.6 is 11.6 Å². The highest BCUT2D eigenvalue weighted by atomic mass is 35.5. The van der Waals surface area contributed by atoms with Gasteiger partial charge in [0.2, 0.25) is 0 Å². The minimum absolute atomic E-state index is 0.00935. The molecule has 0 saturated heterocycles. The Labute approximate surface area is 126 Å². The summed E-state index contributed by atoms with van der Waals surface area (Å²) >= 11 is 6.03. The number of phenols is 1. The average Bonchev–Trinajstić information content (AvgIpc) is 2.45. The van der Waals surface area contributed by atoms with Crippen LogP contribution in [0.4, 0.5) is 0 Å². The summed E-state index contributed by atoms with van der Waals surface area (Å²) in [5, 5.41) is 10.1. The van der Waals surface area contributed by atoms with Crippen LogP contribution in [0.25, 0.3) is 0 Å². The Kier molecular flexibility index (Phi) is 7.13. The van der Waals surface area contributed by atoms with Crippen LogP contribution in [-0.4, -0.2) is 43.4 Å². The maximum atomic E-state index is 9.76. The molecular weight excluding hydrogens is 278 g/mol. The molecule has 20 heavy (non-hydrogen) atoms. The van der Waals surface area contributed by atoms with Gasteiger partial charge in [-0.1, -0.05) is 18.5 Å². The molecule has 1 aromatic carbocycles. The molecule has 0 saturated carbocycles. The van der Waals surface area contributed by atoms with Crippen LogP contribution in [-0.2, 0) is 11.3 Å². The van der Waals surface area contributed by atoms with Crippen LogP contribution in [0.3, 0.4) is 0 Å². The predicted molar refractivity (Wildman–Crippen MR) is 81.7 cm³/mol. The number of halogens is 1. The van der Waals surface area contributed by atoms with Gasteiger partial charge in [0.05, 0.1) is 18.7 Å². The number of nitrogens with zero attached hydrogens (tertiary/aromatic N) is 1. The first kappa shape index (κ1) is 17.1. The normalized spacial score (nSPS) is 12.7. The van der Waals surface area contributed by atoms with Crippen molar-refractivity contribution in [3.8, 4) is 11.5 Å². The van der Waals surface area contributed by atoms with Gasteiger partial charge < -0.3 is 14.6 Å². The molecule has 1 N–H and O–H groups in total. The van der Waals surface area contributed by atoms with Gasteiger partial charge in [0.25, 0.3) is 0 Å². The first-order chi connectivity index (χ1) is 9.53. The van der Waals surface area contributed by atoms with Gasteiger partial charge in [-0.15, -0.1) is 0 Å². The third-order valence-electron chi connectivity index (χ3n) is 3.49. The summed E-state index contributed by atoms with van der Waals surface area (Å²) in [5.74, 6) is 0.397. The maximum Gasteiger partial charge on any atom is 0.176 e. The number of ether oxygens (including phenoxy) is 2. The van der Waals surface area contributed by atoms with E-state index in [1.165, 1.54) is 7.11 Å². The van der Waals surface area contributed by atoms with Crippen LogP contribution in [0.15, 0.2) is 12.1 Å². The molecule has 0 spiro atoms. The molecular formula is C15H24ClNO3. The standard InChI is InChI=1S/C15H24ClNO3/c1-5-11(2)17(6-7-19-3)10-12-8-13(16)15(18)14(9-12)20-4/h8-9,11,18H,5-7,10H2,1-4H3. The molecule has 4 nitrogen and oxygen atoms in total. The molecule has 0 fully saturated rings. The maximum absolute atomic E-state index is 9.76. The molecule has 114 valence electrons. The third-order valence-corrected chi connectivity index (χ3v) is 3.78. The fraction of sp³-hybridized carbons (Fsp3) is 0.600. The Bertz CT molecular complexity index is 426. The summed E-state index contributed by atoms with van der Waals surface area (Å²) in [6, 6.07) is 4.05. The van der Waals surface area contributed by atoms with E-state index >= 15 is 0 Å². The molecule has 0 heterocycles. The molecule has 5 heteroatoms. The van der Waals surface area contributed by atoms with E-state index in [1.54, 1.807) is 13.2 Å². The van der Waals surface area contributed by atoms with Gasteiger partial charge in [0, 0.05) is 26.2 Å². The molecule has 0 bridgehead atoms. The lowest BCUT2D eigenvalue weighted by Gasteiger charge is -2.28. The van der Waals surface area contributed by atoms with Crippen LogP contribution < -0.4 is 4.74 Å². The van der Waals surface area contributed by atoms with E-state index in [4.69, 9.17) is 21.1 Å². The third kappa shape index (κ3) is 4.54. The van der Waals surface area contributed by atoms with Crippen molar-refractivity contribution in [2.75, 3.05) is 27.4 Å². The predicted octanol–water partition coefficient (Wildman–Crippen LogP) is 3.30. The number of benzene rings is 1. The number of rotatable bonds is 8. The average molecular weight is 302 g/mol. The molecule has 1 aromatic rings. The van der Waals surface area contributed by atoms with Crippen molar-refractivity contribution in [2.45, 2.75) is 32.9 Å². The van der Waals surface area contributed by atoms with Gasteiger partial charge in [0.15, 0.2) is 11.5 Å². The van der Waals surface area contributed by atoms with E-state index < -0.39 is 0 Å². The highest BCUT2D eigenvalue weighted by molar-refractivity contribution is 6.32. The second-order valence-corrected chi connectivity index (χ2v) is 5.26. The van der Waals surface area contributed by atoms with Gasteiger partial charge >= 0.3 is 0 Å². The summed E-state index contributed by atoms with van der Waals surface area (Å²) < 4.78 is 10.3. The van der Waals surface area contributed by atoms with Crippen molar-refractivity contribution < 1.29 is 14.6 Å². The first-order valence-electron chi connectivity index (χ1n) is 6.81. The van der Waals surface area contributed by atoms with Crippen molar-refractivity contribution >= 4 is 11.6 Å². The van der Waals surface area contributed by atoms with Gasteiger partial charge in [-0.2, -0.15) is 0 Å². The van der Waals surface area contributed by atoms with Crippen molar-refractivity contribution in [3.63, 3.8) is 0 Å². The van der Waals surface area contributed by atoms with Gasteiger partial charge in [-0.05, 0) is 31.0 Å². The number of hydrogen-bond acceptors (Lipinski definition) is 4. The Hall–Kier alpha value is -0.970. The fourth-order valence-electron chi connectivity index (χ4n) is 2.03. The van der Waals surface area contributed by atoms with Gasteiger partial charge in [-0.25, -0.2) is 0 Å². The molecule has 1 rings (SSSR count). The topological polar surface area (TPSA) is 41.9 Å². The quantitative estimate of drug-likeness (QED) is 0.800. The SMILES string of the molecule is CCC(C)N(CCOC)Cc1cc(Cl)c(O)c(OC)c1. The van der Waals surface area contributed by atoms with Crippen molar-refractivity contribution in [1.82, 2.24) is 4.90 Å². The number of phenolic OH excluding ortho intramolecular Hbond substituents is 1. The van der Waals surface area contributed by atoms with Crippen LogP contribution in [0.5, 0.6) is 11.5 Å².